The third-order valence-electron chi connectivity index (χ3n) is 6.49. The van der Waals surface area contributed by atoms with Gasteiger partial charge in [0.15, 0.2) is 5.96 Å². The van der Waals surface area contributed by atoms with Crippen molar-refractivity contribution in [2.45, 2.75) is 57.2 Å². The van der Waals surface area contributed by atoms with E-state index in [1.54, 1.807) is 0 Å². The fourth-order valence-corrected chi connectivity index (χ4v) is 4.58. The van der Waals surface area contributed by atoms with Crippen molar-refractivity contribution in [3.8, 4) is 0 Å². The Morgan fingerprint density at radius 2 is 1.87 bits per heavy atom. The highest BCUT2D eigenvalue weighted by Crippen LogP contribution is 2.18. The van der Waals surface area contributed by atoms with Gasteiger partial charge in [0.2, 0.25) is 0 Å². The van der Waals surface area contributed by atoms with Crippen LogP contribution >= 0.6 is 24.0 Å². The van der Waals surface area contributed by atoms with Gasteiger partial charge in [-0.15, -0.1) is 24.0 Å². The Balaban J connectivity index is 0.00000320. The minimum absolute atomic E-state index is 0. The molecular formula is C22H44IN5O2. The van der Waals surface area contributed by atoms with Crippen LogP contribution in [0, 0.1) is 0 Å². The number of aliphatic imine (C=N–C) groups is 1. The number of piperidine rings is 1. The molecule has 0 amide bonds. The molecule has 0 aromatic carbocycles. The van der Waals surface area contributed by atoms with Gasteiger partial charge in [-0.25, -0.2) is 0 Å². The molecule has 3 saturated heterocycles. The van der Waals surface area contributed by atoms with Gasteiger partial charge in [-0.05, 0) is 71.6 Å². The summed E-state index contributed by atoms with van der Waals surface area (Å²) >= 11 is 0. The lowest BCUT2D eigenvalue weighted by molar-refractivity contribution is -0.0721. The van der Waals surface area contributed by atoms with Crippen molar-refractivity contribution in [1.29, 1.82) is 0 Å². The molecule has 7 nitrogen and oxygen atoms in total. The molecular weight excluding hydrogens is 493 g/mol. The molecule has 0 aromatic heterocycles. The van der Waals surface area contributed by atoms with Crippen LogP contribution < -0.4 is 5.32 Å². The van der Waals surface area contributed by atoms with E-state index in [1.807, 2.05) is 7.05 Å². The van der Waals surface area contributed by atoms with Crippen LogP contribution in [0.3, 0.4) is 0 Å². The second kappa shape index (κ2) is 14.8. The fraction of sp³-hybridized carbons (Fsp3) is 0.955. The van der Waals surface area contributed by atoms with Crippen LogP contribution in [0.5, 0.6) is 0 Å². The summed E-state index contributed by atoms with van der Waals surface area (Å²) in [4.78, 5) is 11.9. The molecule has 0 aliphatic carbocycles. The van der Waals surface area contributed by atoms with E-state index in [9.17, 15) is 0 Å². The summed E-state index contributed by atoms with van der Waals surface area (Å²) in [5, 5.41) is 3.58. The maximum absolute atomic E-state index is 6.15. The number of hydrogen-bond acceptors (Lipinski definition) is 5. The van der Waals surface area contributed by atoms with Crippen molar-refractivity contribution in [3.05, 3.63) is 0 Å². The lowest BCUT2D eigenvalue weighted by Gasteiger charge is -2.35. The Morgan fingerprint density at radius 1 is 1.03 bits per heavy atom. The van der Waals surface area contributed by atoms with Crippen molar-refractivity contribution >= 4 is 29.9 Å². The first kappa shape index (κ1) is 26.1. The Bertz CT molecular complexity index is 482. The molecule has 8 heteroatoms. The van der Waals surface area contributed by atoms with Crippen LogP contribution in [0.4, 0.5) is 0 Å². The van der Waals surface area contributed by atoms with E-state index in [4.69, 9.17) is 9.47 Å². The van der Waals surface area contributed by atoms with E-state index in [2.05, 4.69) is 32.1 Å². The molecule has 0 spiro atoms. The molecule has 1 unspecified atom stereocenters. The maximum atomic E-state index is 6.15. The maximum Gasteiger partial charge on any atom is 0.193 e. The van der Waals surface area contributed by atoms with Gasteiger partial charge in [-0.1, -0.05) is 0 Å². The molecule has 0 radical (unpaired) electrons. The standard InChI is InChI=1S/C22H43N5O2.HI/c1-23-22(24-10-5-12-26-13-6-11-25(2)16-17-26)27-14-8-20(9-15-27)29-19-21-7-3-4-18-28-21;/h20-21H,3-19H2,1-2H3,(H,23,24);1H. The summed E-state index contributed by atoms with van der Waals surface area (Å²) in [6.45, 7) is 10.7. The van der Waals surface area contributed by atoms with Gasteiger partial charge in [0.05, 0.1) is 18.8 Å². The number of likely N-dealkylation sites (tertiary alicyclic amines) is 1. The van der Waals surface area contributed by atoms with Crippen molar-refractivity contribution in [3.63, 3.8) is 0 Å². The van der Waals surface area contributed by atoms with E-state index in [-0.39, 0.29) is 24.0 Å². The Kier molecular flexibility index (Phi) is 12.9. The fourth-order valence-electron chi connectivity index (χ4n) is 4.58. The normalized spacial score (nSPS) is 25.6. The van der Waals surface area contributed by atoms with Crippen LogP contribution in [-0.2, 0) is 9.47 Å². The minimum Gasteiger partial charge on any atom is -0.376 e. The molecule has 0 saturated carbocycles. The highest BCUT2D eigenvalue weighted by molar-refractivity contribution is 14.0. The van der Waals surface area contributed by atoms with Crippen molar-refractivity contribution < 1.29 is 9.47 Å². The lowest BCUT2D eigenvalue weighted by atomic mass is 10.1. The molecule has 0 bridgehead atoms. The van der Waals surface area contributed by atoms with Crippen LogP contribution in [0.15, 0.2) is 4.99 Å². The van der Waals surface area contributed by atoms with Crippen molar-refractivity contribution in [1.82, 2.24) is 20.0 Å². The number of ether oxygens (including phenoxy) is 2. The van der Waals surface area contributed by atoms with Crippen LogP contribution in [0.2, 0.25) is 0 Å². The SMILES string of the molecule is CN=C(NCCCN1CCCN(C)CC1)N1CCC(OCC2CCCCO2)CC1.I. The Morgan fingerprint density at radius 3 is 2.60 bits per heavy atom. The molecule has 3 rings (SSSR count). The third kappa shape index (κ3) is 9.14. The summed E-state index contributed by atoms with van der Waals surface area (Å²) in [5.74, 6) is 1.05. The monoisotopic (exact) mass is 537 g/mol. The number of nitrogens with zero attached hydrogens (tertiary/aromatic N) is 4. The number of nitrogens with one attached hydrogen (secondary N) is 1. The van der Waals surface area contributed by atoms with Gasteiger partial charge < -0.3 is 29.5 Å². The number of halogens is 1. The molecule has 1 N–H and O–H groups in total. The van der Waals surface area contributed by atoms with Gasteiger partial charge in [0.25, 0.3) is 0 Å². The average molecular weight is 538 g/mol. The third-order valence-corrected chi connectivity index (χ3v) is 6.49. The number of rotatable bonds is 7. The molecule has 0 aromatic rings. The Labute approximate surface area is 200 Å². The van der Waals surface area contributed by atoms with Crippen LogP contribution in [0.1, 0.15) is 44.9 Å². The molecule has 1 atom stereocenters. The zero-order valence-corrected chi connectivity index (χ0v) is 21.5. The zero-order chi connectivity index (χ0) is 20.3. The highest BCUT2D eigenvalue weighted by atomic mass is 127. The van der Waals surface area contributed by atoms with Crippen LogP contribution in [0.25, 0.3) is 0 Å². The van der Waals surface area contributed by atoms with Crippen LogP contribution in [-0.4, -0.2) is 113 Å². The topological polar surface area (TPSA) is 52.6 Å². The highest BCUT2D eigenvalue weighted by Gasteiger charge is 2.23. The minimum atomic E-state index is 0. The van der Waals surface area contributed by atoms with E-state index >= 15 is 0 Å². The largest absolute Gasteiger partial charge is 0.376 e. The van der Waals surface area contributed by atoms with Gasteiger partial charge >= 0.3 is 0 Å². The summed E-state index contributed by atoms with van der Waals surface area (Å²) < 4.78 is 11.9. The second-order valence-electron chi connectivity index (χ2n) is 8.83. The molecule has 176 valence electrons. The quantitative estimate of drug-likeness (QED) is 0.233. The van der Waals surface area contributed by atoms with Crippen molar-refractivity contribution in [2.24, 2.45) is 4.99 Å². The molecule has 30 heavy (non-hydrogen) atoms. The molecule has 3 aliphatic rings. The first-order valence-corrected chi connectivity index (χ1v) is 11.8. The Hall–Kier alpha value is -0.160. The van der Waals surface area contributed by atoms with E-state index in [0.29, 0.717) is 12.2 Å². The summed E-state index contributed by atoms with van der Waals surface area (Å²) in [6.07, 6.45) is 8.95. The summed E-state index contributed by atoms with van der Waals surface area (Å²) in [6, 6.07) is 0. The number of hydrogen-bond donors (Lipinski definition) is 1. The summed E-state index contributed by atoms with van der Waals surface area (Å²) in [5.41, 5.74) is 0. The summed E-state index contributed by atoms with van der Waals surface area (Å²) in [7, 11) is 4.13. The van der Waals surface area contributed by atoms with E-state index in [0.717, 1.165) is 58.1 Å². The smallest absolute Gasteiger partial charge is 0.193 e. The second-order valence-corrected chi connectivity index (χ2v) is 8.83. The average Bonchev–Trinajstić information content (AvgIpc) is 2.98. The first-order chi connectivity index (χ1) is 14.2. The van der Waals surface area contributed by atoms with Gasteiger partial charge in [-0.2, -0.15) is 0 Å². The van der Waals surface area contributed by atoms with Crippen molar-refractivity contribution in [2.75, 3.05) is 79.7 Å². The predicted molar refractivity (Wildman–Crippen MR) is 134 cm³/mol. The molecule has 3 aliphatic heterocycles. The number of guanidine groups is 1. The van der Waals surface area contributed by atoms with Gasteiger partial charge in [0.1, 0.15) is 0 Å². The number of likely N-dealkylation sites (N-methyl/N-ethyl adjacent to an activating group) is 1. The predicted octanol–water partition coefficient (Wildman–Crippen LogP) is 2.26. The van der Waals surface area contributed by atoms with Gasteiger partial charge in [0, 0.05) is 46.4 Å². The van der Waals surface area contributed by atoms with E-state index in [1.165, 1.54) is 58.4 Å². The first-order valence-electron chi connectivity index (χ1n) is 11.8. The zero-order valence-electron chi connectivity index (χ0n) is 19.2. The van der Waals surface area contributed by atoms with Gasteiger partial charge in [-0.3, -0.25) is 4.99 Å². The van der Waals surface area contributed by atoms with E-state index < -0.39 is 0 Å². The lowest BCUT2D eigenvalue weighted by Crippen LogP contribution is -2.47. The molecule has 3 fully saturated rings. The molecule has 3 heterocycles.